The van der Waals surface area contributed by atoms with Crippen LogP contribution in [0, 0.1) is 24.2 Å². The molecule has 0 spiro atoms. The first-order valence-electron chi connectivity index (χ1n) is 6.72. The van der Waals surface area contributed by atoms with E-state index in [2.05, 4.69) is 48.3 Å². The normalized spacial score (nSPS) is 10.8. The van der Waals surface area contributed by atoms with Crippen LogP contribution in [0.1, 0.15) is 30.8 Å². The number of nitriles is 1. The van der Waals surface area contributed by atoms with Crippen LogP contribution in [0.3, 0.4) is 0 Å². The maximum absolute atomic E-state index is 8.74. The molecule has 0 fully saturated rings. The molecule has 1 aromatic heterocycles. The van der Waals surface area contributed by atoms with E-state index in [1.54, 1.807) is 11.0 Å². The molecule has 2 aromatic rings. The molecule has 104 valence electrons. The van der Waals surface area contributed by atoms with Gasteiger partial charge < -0.3 is 5.32 Å². The van der Waals surface area contributed by atoms with E-state index in [9.17, 15) is 0 Å². The minimum Gasteiger partial charge on any atom is -0.312 e. The molecule has 2 rings (SSSR count). The van der Waals surface area contributed by atoms with E-state index in [0.29, 0.717) is 5.92 Å². The predicted molar refractivity (Wildman–Crippen MR) is 77.4 cm³/mol. The maximum atomic E-state index is 8.74. The average Bonchev–Trinajstić information content (AvgIpc) is 2.89. The first-order valence-corrected chi connectivity index (χ1v) is 6.72. The Hall–Kier alpha value is -2.19. The van der Waals surface area contributed by atoms with Gasteiger partial charge in [-0.3, -0.25) is 0 Å². The van der Waals surface area contributed by atoms with Gasteiger partial charge in [0.2, 0.25) is 0 Å². The Balaban J connectivity index is 2.11. The van der Waals surface area contributed by atoms with Crippen LogP contribution in [-0.2, 0) is 6.54 Å². The number of nitrogens with zero attached hydrogens (tertiary/aromatic N) is 4. The van der Waals surface area contributed by atoms with Crippen molar-refractivity contribution in [3.63, 3.8) is 0 Å². The standard InChI is InChI=1S/C15H19N5/c1-11(2)8-17-9-13-4-5-14(6-12(13)3)20-10-18-15(7-16)19-20/h4-6,10-11,17H,8-9H2,1-3H3. The molecule has 0 atom stereocenters. The largest absolute Gasteiger partial charge is 0.312 e. The molecule has 0 aliphatic heterocycles. The molecule has 5 nitrogen and oxygen atoms in total. The van der Waals surface area contributed by atoms with Gasteiger partial charge in [0.05, 0.1) is 5.69 Å². The Bertz CT molecular complexity index is 621. The molecule has 20 heavy (non-hydrogen) atoms. The molecule has 0 saturated heterocycles. The van der Waals surface area contributed by atoms with Crippen LogP contribution in [0.5, 0.6) is 0 Å². The van der Waals surface area contributed by atoms with Crippen LogP contribution in [0.4, 0.5) is 0 Å². The van der Waals surface area contributed by atoms with Crippen molar-refractivity contribution in [1.29, 1.82) is 5.26 Å². The maximum Gasteiger partial charge on any atom is 0.252 e. The van der Waals surface area contributed by atoms with E-state index in [0.717, 1.165) is 18.8 Å². The molecule has 1 N–H and O–H groups in total. The predicted octanol–water partition coefficient (Wildman–Crippen LogP) is 2.19. The first kappa shape index (κ1) is 14.2. The molecule has 5 heteroatoms. The van der Waals surface area contributed by atoms with Crippen molar-refractivity contribution in [2.45, 2.75) is 27.3 Å². The minimum absolute atomic E-state index is 0.185. The topological polar surface area (TPSA) is 66.5 Å². The SMILES string of the molecule is Cc1cc(-n2cnc(C#N)n2)ccc1CNCC(C)C. The Morgan fingerprint density at radius 2 is 2.20 bits per heavy atom. The van der Waals surface area contributed by atoms with Gasteiger partial charge in [-0.1, -0.05) is 19.9 Å². The lowest BCUT2D eigenvalue weighted by molar-refractivity contribution is 0.551. The van der Waals surface area contributed by atoms with Crippen molar-refractivity contribution in [2.24, 2.45) is 5.92 Å². The fourth-order valence-corrected chi connectivity index (χ4v) is 1.96. The highest BCUT2D eigenvalue weighted by atomic mass is 15.3. The van der Waals surface area contributed by atoms with Crippen molar-refractivity contribution in [1.82, 2.24) is 20.1 Å². The molecular formula is C15H19N5. The van der Waals surface area contributed by atoms with Crippen LogP contribution in [0.25, 0.3) is 5.69 Å². The van der Waals surface area contributed by atoms with Crippen LogP contribution in [0.15, 0.2) is 24.5 Å². The van der Waals surface area contributed by atoms with Gasteiger partial charge in [-0.15, -0.1) is 5.10 Å². The highest BCUT2D eigenvalue weighted by Crippen LogP contribution is 2.14. The highest BCUT2D eigenvalue weighted by Gasteiger charge is 2.05. The summed E-state index contributed by atoms with van der Waals surface area (Å²) in [6.07, 6.45) is 1.56. The molecule has 0 radical (unpaired) electrons. The van der Waals surface area contributed by atoms with Crippen molar-refractivity contribution >= 4 is 0 Å². The summed E-state index contributed by atoms with van der Waals surface area (Å²) in [6, 6.07) is 8.07. The van der Waals surface area contributed by atoms with Gasteiger partial charge in [-0.2, -0.15) is 5.26 Å². The Morgan fingerprint density at radius 1 is 1.40 bits per heavy atom. The number of hydrogen-bond donors (Lipinski definition) is 1. The molecule has 0 saturated carbocycles. The van der Waals surface area contributed by atoms with E-state index in [-0.39, 0.29) is 5.82 Å². The summed E-state index contributed by atoms with van der Waals surface area (Å²) >= 11 is 0. The highest BCUT2D eigenvalue weighted by molar-refractivity contribution is 5.39. The summed E-state index contributed by atoms with van der Waals surface area (Å²) < 4.78 is 1.62. The monoisotopic (exact) mass is 269 g/mol. The Morgan fingerprint density at radius 3 is 2.80 bits per heavy atom. The Labute approximate surface area is 119 Å². The Kier molecular flexibility index (Phi) is 4.49. The zero-order valence-corrected chi connectivity index (χ0v) is 12.1. The van der Waals surface area contributed by atoms with Crippen molar-refractivity contribution in [2.75, 3.05) is 6.54 Å². The van der Waals surface area contributed by atoms with Crippen LogP contribution in [-0.4, -0.2) is 21.3 Å². The van der Waals surface area contributed by atoms with E-state index in [1.807, 2.05) is 12.1 Å². The third-order valence-electron chi connectivity index (χ3n) is 3.05. The number of rotatable bonds is 5. The average molecular weight is 269 g/mol. The van der Waals surface area contributed by atoms with Gasteiger partial charge >= 0.3 is 0 Å². The molecule has 0 aliphatic carbocycles. The van der Waals surface area contributed by atoms with Gasteiger partial charge in [-0.05, 0) is 42.6 Å². The number of aromatic nitrogens is 3. The molecule has 0 bridgehead atoms. The molecule has 0 unspecified atom stereocenters. The molecule has 0 amide bonds. The summed E-state index contributed by atoms with van der Waals surface area (Å²) in [5.41, 5.74) is 3.40. The van der Waals surface area contributed by atoms with Gasteiger partial charge in [-0.25, -0.2) is 9.67 Å². The number of hydrogen-bond acceptors (Lipinski definition) is 4. The summed E-state index contributed by atoms with van der Waals surface area (Å²) in [7, 11) is 0. The van der Waals surface area contributed by atoms with Gasteiger partial charge in [0.15, 0.2) is 0 Å². The van der Waals surface area contributed by atoms with Crippen molar-refractivity contribution < 1.29 is 0 Å². The van der Waals surface area contributed by atoms with Gasteiger partial charge in [0, 0.05) is 6.54 Å². The van der Waals surface area contributed by atoms with Crippen LogP contribution in [0.2, 0.25) is 0 Å². The third kappa shape index (κ3) is 3.43. The third-order valence-corrected chi connectivity index (χ3v) is 3.05. The smallest absolute Gasteiger partial charge is 0.252 e. The minimum atomic E-state index is 0.185. The van der Waals surface area contributed by atoms with E-state index < -0.39 is 0 Å². The van der Waals surface area contributed by atoms with E-state index in [1.165, 1.54) is 11.1 Å². The zero-order chi connectivity index (χ0) is 14.5. The van der Waals surface area contributed by atoms with Crippen LogP contribution < -0.4 is 5.32 Å². The molecule has 1 heterocycles. The summed E-state index contributed by atoms with van der Waals surface area (Å²) in [6.45, 7) is 8.35. The first-order chi connectivity index (χ1) is 9.60. The fraction of sp³-hybridized carbons (Fsp3) is 0.400. The van der Waals surface area contributed by atoms with Gasteiger partial charge in [0.25, 0.3) is 5.82 Å². The van der Waals surface area contributed by atoms with Crippen molar-refractivity contribution in [3.05, 3.63) is 41.5 Å². The second-order valence-electron chi connectivity index (χ2n) is 5.26. The molecule has 0 aliphatic rings. The lowest BCUT2D eigenvalue weighted by Crippen LogP contribution is -2.19. The lowest BCUT2D eigenvalue weighted by Gasteiger charge is -2.11. The number of aryl methyl sites for hydroxylation is 1. The van der Waals surface area contributed by atoms with E-state index >= 15 is 0 Å². The fourth-order valence-electron chi connectivity index (χ4n) is 1.96. The number of nitrogens with one attached hydrogen (secondary N) is 1. The summed E-state index contributed by atoms with van der Waals surface area (Å²) in [5.74, 6) is 0.833. The zero-order valence-electron chi connectivity index (χ0n) is 12.1. The number of benzene rings is 1. The van der Waals surface area contributed by atoms with E-state index in [4.69, 9.17) is 5.26 Å². The quantitative estimate of drug-likeness (QED) is 0.903. The summed E-state index contributed by atoms with van der Waals surface area (Å²) in [5, 5.41) is 16.3. The van der Waals surface area contributed by atoms with Gasteiger partial charge in [0.1, 0.15) is 12.4 Å². The lowest BCUT2D eigenvalue weighted by atomic mass is 10.1. The van der Waals surface area contributed by atoms with Crippen LogP contribution >= 0.6 is 0 Å². The second-order valence-corrected chi connectivity index (χ2v) is 5.26. The second kappa shape index (κ2) is 6.31. The molecule has 1 aromatic carbocycles. The van der Waals surface area contributed by atoms with Crippen molar-refractivity contribution in [3.8, 4) is 11.8 Å². The summed E-state index contributed by atoms with van der Waals surface area (Å²) in [4.78, 5) is 3.91. The molecular weight excluding hydrogens is 250 g/mol.